The van der Waals surface area contributed by atoms with Crippen molar-refractivity contribution in [3.05, 3.63) is 41.5 Å². The lowest BCUT2D eigenvalue weighted by Gasteiger charge is -2.27. The summed E-state index contributed by atoms with van der Waals surface area (Å²) in [6.45, 7) is 0.731. The van der Waals surface area contributed by atoms with Crippen molar-refractivity contribution in [1.82, 2.24) is 36.4 Å². The molecule has 65 heavy (non-hydrogen) atoms. The Balaban J connectivity index is 1.95. The zero-order valence-electron chi connectivity index (χ0n) is 38.6. The maximum absolute atomic E-state index is 13.4. The molecule has 0 spiro atoms. The molecule has 4 atom stereocenters. The summed E-state index contributed by atoms with van der Waals surface area (Å²) in [4.78, 5) is 118. The molecule has 0 saturated carbocycles. The first-order chi connectivity index (χ1) is 31.0. The Morgan fingerprint density at radius 3 is 2.05 bits per heavy atom. The number of carbonyl (C=O) groups excluding carboxylic acids is 9. The van der Waals surface area contributed by atoms with Crippen molar-refractivity contribution < 1.29 is 53.4 Å². The second-order valence-corrected chi connectivity index (χ2v) is 16.6. The summed E-state index contributed by atoms with van der Waals surface area (Å²) >= 11 is 0. The van der Waals surface area contributed by atoms with Crippen LogP contribution in [0.5, 0.6) is 5.75 Å². The minimum Gasteiger partial charge on any atom is -0.508 e. The number of amides is 8. The zero-order valence-corrected chi connectivity index (χ0v) is 38.6. The van der Waals surface area contributed by atoms with Crippen LogP contribution in [0.25, 0.3) is 0 Å². The van der Waals surface area contributed by atoms with Crippen LogP contribution in [-0.4, -0.2) is 138 Å². The van der Waals surface area contributed by atoms with Gasteiger partial charge in [-0.15, -0.1) is 0 Å². The van der Waals surface area contributed by atoms with Gasteiger partial charge in [-0.3, -0.25) is 43.2 Å². The lowest BCUT2D eigenvalue weighted by molar-refractivity contribution is -0.141. The fraction of sp³-hybridized carbons (Fsp3) is 0.630. The lowest BCUT2D eigenvalue weighted by atomic mass is 9.92. The van der Waals surface area contributed by atoms with Crippen molar-refractivity contribution in [2.75, 3.05) is 46.9 Å². The van der Waals surface area contributed by atoms with E-state index in [9.17, 15) is 53.4 Å². The third-order valence-corrected chi connectivity index (χ3v) is 11.4. The summed E-state index contributed by atoms with van der Waals surface area (Å²) in [6.07, 6.45) is 17.5. The van der Waals surface area contributed by atoms with Crippen LogP contribution in [0.2, 0.25) is 0 Å². The smallest absolute Gasteiger partial charge is 0.245 e. The normalized spacial score (nSPS) is 17.7. The highest BCUT2D eigenvalue weighted by molar-refractivity contribution is 5.97. The number of hydrogen-bond donors (Lipinski definition) is 8. The predicted octanol–water partition coefficient (Wildman–Crippen LogP) is 1.13. The molecule has 9 N–H and O–H groups in total. The molecule has 8 amide bonds. The van der Waals surface area contributed by atoms with Crippen molar-refractivity contribution in [1.29, 1.82) is 0 Å². The number of primary amides is 1. The molecule has 1 heterocycles. The zero-order chi connectivity index (χ0) is 48.3. The molecule has 0 aliphatic carbocycles. The van der Waals surface area contributed by atoms with Gasteiger partial charge in [0.2, 0.25) is 47.3 Å². The highest BCUT2D eigenvalue weighted by Gasteiger charge is 2.30. The fourth-order valence-corrected chi connectivity index (χ4v) is 7.25. The SMILES string of the molecule is CCCCCCCCCCCCCCCC(=O)N(C)C(CO)C(=O)NCC(=O)NCC(=O)N(C)C1C/C=C\C(=O)C(C)c2cc(ccc2O)CC(C(=O)NCC(N)=O)NC(=O)CNC1=O. The third-order valence-electron chi connectivity index (χ3n) is 11.4. The standard InChI is InChI=1S/C46H72N8O11/c1-5-6-7-8-9-10-11-12-13-14-15-16-17-21-42(61)54(4)36(30-55)46(65)50-27-40(59)48-29-43(62)53(3)35-19-18-20-37(56)31(2)33-24-32(22-23-38(33)57)25-34(44(63)49-26-39(47)58)52-41(60)28-51-45(35)64/h18,20,22-24,31,34-36,55,57H,5-17,19,21,25-30H2,1-4H3,(H2,47,58)(H,48,59)(H,49,63)(H,50,65)(H,51,64)(H,52,60)/b20-18-. The monoisotopic (exact) mass is 913 g/mol. The first-order valence-corrected chi connectivity index (χ1v) is 22.8. The number of likely N-dealkylation sites (N-methyl/N-ethyl adjacent to an activating group) is 2. The number of fused-ring (bicyclic) bond motifs is 2. The topological polar surface area (TPSA) is 287 Å². The molecule has 1 aliphatic rings. The number of phenols is 1. The van der Waals surface area contributed by atoms with E-state index in [1.807, 2.05) is 0 Å². The number of phenolic OH excluding ortho intramolecular Hbond substituents is 1. The first-order valence-electron chi connectivity index (χ1n) is 22.8. The van der Waals surface area contributed by atoms with Gasteiger partial charge in [-0.1, -0.05) is 109 Å². The van der Waals surface area contributed by atoms with Gasteiger partial charge in [-0.05, 0) is 30.5 Å². The number of rotatable bonds is 25. The van der Waals surface area contributed by atoms with Crippen LogP contribution in [-0.2, 0) is 49.6 Å². The van der Waals surface area contributed by atoms with Crippen LogP contribution < -0.4 is 32.3 Å². The number of aromatic hydroxyl groups is 1. The van der Waals surface area contributed by atoms with Crippen LogP contribution in [0, 0.1) is 0 Å². The highest BCUT2D eigenvalue weighted by Crippen LogP contribution is 2.28. The van der Waals surface area contributed by atoms with Gasteiger partial charge < -0.3 is 52.3 Å². The Labute approximate surface area is 382 Å². The average Bonchev–Trinajstić information content (AvgIpc) is 3.28. The van der Waals surface area contributed by atoms with Crippen LogP contribution in [0.1, 0.15) is 127 Å². The summed E-state index contributed by atoms with van der Waals surface area (Å²) in [5.74, 6) is -7.35. The van der Waals surface area contributed by atoms with Crippen LogP contribution in [0.15, 0.2) is 30.4 Å². The number of nitrogens with two attached hydrogens (primary N) is 1. The first kappa shape index (κ1) is 55.3. The number of nitrogens with zero attached hydrogens (tertiary/aromatic N) is 2. The van der Waals surface area contributed by atoms with Gasteiger partial charge >= 0.3 is 0 Å². The van der Waals surface area contributed by atoms with Crippen LogP contribution in [0.3, 0.4) is 0 Å². The Morgan fingerprint density at radius 1 is 0.831 bits per heavy atom. The fourth-order valence-electron chi connectivity index (χ4n) is 7.25. The highest BCUT2D eigenvalue weighted by atomic mass is 16.3. The maximum Gasteiger partial charge on any atom is 0.245 e. The van der Waals surface area contributed by atoms with Gasteiger partial charge in [0.25, 0.3) is 0 Å². The van der Waals surface area contributed by atoms with Crippen molar-refractivity contribution in [3.8, 4) is 5.75 Å². The van der Waals surface area contributed by atoms with E-state index < -0.39 is 104 Å². The van der Waals surface area contributed by atoms with Crippen molar-refractivity contribution in [3.63, 3.8) is 0 Å². The summed E-state index contributed by atoms with van der Waals surface area (Å²) < 4.78 is 0. The lowest BCUT2D eigenvalue weighted by Crippen LogP contribution is -2.54. The molecular formula is C46H72N8O11. The molecule has 0 radical (unpaired) electrons. The summed E-state index contributed by atoms with van der Waals surface area (Å²) in [7, 11) is 2.69. The van der Waals surface area contributed by atoms with Gasteiger partial charge in [-0.25, -0.2) is 0 Å². The molecule has 0 fully saturated rings. The number of aliphatic hydroxyl groups is 1. The molecule has 0 saturated heterocycles. The van der Waals surface area contributed by atoms with E-state index in [0.29, 0.717) is 12.0 Å². The molecule has 1 aliphatic heterocycles. The molecule has 362 valence electrons. The number of ketones is 1. The quantitative estimate of drug-likeness (QED) is 0.0644. The van der Waals surface area contributed by atoms with Crippen molar-refractivity contribution in [2.24, 2.45) is 5.73 Å². The van der Waals surface area contributed by atoms with Gasteiger partial charge in [0.1, 0.15) is 23.9 Å². The van der Waals surface area contributed by atoms with E-state index in [-0.39, 0.29) is 36.5 Å². The van der Waals surface area contributed by atoms with Gasteiger partial charge in [0.05, 0.1) is 32.8 Å². The van der Waals surface area contributed by atoms with Gasteiger partial charge in [-0.2, -0.15) is 0 Å². The average molecular weight is 913 g/mol. The third kappa shape index (κ3) is 20.7. The number of benzene rings is 1. The van der Waals surface area contributed by atoms with Gasteiger partial charge in [0.15, 0.2) is 5.78 Å². The van der Waals surface area contributed by atoms with E-state index in [4.69, 9.17) is 5.73 Å². The Kier molecular flexibility index (Phi) is 25.8. The molecule has 2 rings (SSSR count). The molecule has 2 bridgehead atoms. The number of unbranched alkanes of at least 4 members (excludes halogenated alkanes) is 12. The number of allylic oxidation sites excluding steroid dienone is 1. The molecular weight excluding hydrogens is 841 g/mol. The Hall–Kier alpha value is -5.85. The van der Waals surface area contributed by atoms with E-state index >= 15 is 0 Å². The molecule has 1 aromatic rings. The summed E-state index contributed by atoms with van der Waals surface area (Å²) in [6, 6.07) is 0.563. The van der Waals surface area contributed by atoms with E-state index in [1.165, 1.54) is 102 Å². The van der Waals surface area contributed by atoms with Crippen molar-refractivity contribution >= 4 is 53.0 Å². The second kappa shape index (κ2) is 30.3. The summed E-state index contributed by atoms with van der Waals surface area (Å²) in [5.41, 5.74) is 5.86. The van der Waals surface area contributed by atoms with Crippen molar-refractivity contribution in [2.45, 2.75) is 141 Å². The van der Waals surface area contributed by atoms with Crippen LogP contribution in [0.4, 0.5) is 0 Å². The molecule has 19 nitrogen and oxygen atoms in total. The van der Waals surface area contributed by atoms with E-state index in [1.54, 1.807) is 6.92 Å². The van der Waals surface area contributed by atoms with Crippen LogP contribution >= 0.6 is 0 Å². The second-order valence-electron chi connectivity index (χ2n) is 16.6. The molecule has 0 aromatic heterocycles. The maximum atomic E-state index is 13.4. The number of carbonyl (C=O) groups is 9. The minimum atomic E-state index is -1.30. The summed E-state index contributed by atoms with van der Waals surface area (Å²) in [5, 5.41) is 32.5. The molecule has 19 heteroatoms. The van der Waals surface area contributed by atoms with E-state index in [2.05, 4.69) is 33.5 Å². The molecule has 1 aromatic carbocycles. The van der Waals surface area contributed by atoms with Gasteiger partial charge in [0, 0.05) is 38.4 Å². The van der Waals surface area contributed by atoms with E-state index in [0.717, 1.165) is 29.1 Å². The Bertz CT molecular complexity index is 1810. The Morgan fingerprint density at radius 2 is 1.45 bits per heavy atom. The number of aliphatic hydroxyl groups excluding tert-OH is 1. The number of nitrogens with one attached hydrogen (secondary N) is 5. The largest absolute Gasteiger partial charge is 0.508 e. The predicted molar refractivity (Wildman–Crippen MR) is 243 cm³/mol. The molecule has 4 unspecified atom stereocenters. The minimum absolute atomic E-state index is 0.123. The number of hydrogen-bond acceptors (Lipinski definition) is 11.